The standard InChI is InChI=1S/C26H44N2O4/c1-5-8-11-12-13-14-19-32-22-18-17-21(20-23(22)31-4)26(27-24(29)15-9-6-2)28-25(30)16-10-7-3/h17-18,20,26H,5-16,19H2,1-4H3,(H,27,29)(H,28,30). The second-order valence-electron chi connectivity index (χ2n) is 8.30. The first-order valence-electron chi connectivity index (χ1n) is 12.4. The Balaban J connectivity index is 2.80. The Bertz CT molecular complexity index is 641. The highest BCUT2D eigenvalue weighted by Gasteiger charge is 2.19. The van der Waals surface area contributed by atoms with Crippen molar-refractivity contribution >= 4 is 11.8 Å². The van der Waals surface area contributed by atoms with Crippen molar-refractivity contribution in [3.63, 3.8) is 0 Å². The van der Waals surface area contributed by atoms with Crippen molar-refractivity contribution in [2.75, 3.05) is 13.7 Å². The lowest BCUT2D eigenvalue weighted by atomic mass is 10.1. The second kappa shape index (κ2) is 17.3. The summed E-state index contributed by atoms with van der Waals surface area (Å²) in [6.45, 7) is 6.96. The number of hydrogen-bond acceptors (Lipinski definition) is 4. The van der Waals surface area contributed by atoms with Crippen LogP contribution in [0.2, 0.25) is 0 Å². The van der Waals surface area contributed by atoms with Crippen LogP contribution in [0.25, 0.3) is 0 Å². The molecule has 0 aliphatic carbocycles. The van der Waals surface area contributed by atoms with Crippen LogP contribution in [0.3, 0.4) is 0 Å². The predicted octanol–water partition coefficient (Wildman–Crippen LogP) is 6.05. The van der Waals surface area contributed by atoms with Crippen LogP contribution in [-0.4, -0.2) is 25.5 Å². The molecule has 0 aromatic heterocycles. The monoisotopic (exact) mass is 448 g/mol. The molecule has 0 saturated heterocycles. The van der Waals surface area contributed by atoms with Crippen LogP contribution in [0.1, 0.15) is 110 Å². The molecule has 0 aliphatic heterocycles. The molecule has 6 heteroatoms. The molecule has 0 atom stereocenters. The summed E-state index contributed by atoms with van der Waals surface area (Å²) >= 11 is 0. The number of carbonyl (C=O) groups excluding carboxylic acids is 2. The lowest BCUT2D eigenvalue weighted by Crippen LogP contribution is -2.41. The van der Waals surface area contributed by atoms with Gasteiger partial charge in [0.15, 0.2) is 11.5 Å². The van der Waals surface area contributed by atoms with Gasteiger partial charge in [-0.1, -0.05) is 71.8 Å². The minimum atomic E-state index is -0.592. The smallest absolute Gasteiger partial charge is 0.221 e. The predicted molar refractivity (Wildman–Crippen MR) is 130 cm³/mol. The summed E-state index contributed by atoms with van der Waals surface area (Å²) in [5.41, 5.74) is 0.767. The van der Waals surface area contributed by atoms with Crippen LogP contribution in [-0.2, 0) is 9.59 Å². The average Bonchev–Trinajstić information content (AvgIpc) is 2.80. The Morgan fingerprint density at radius 2 is 1.34 bits per heavy atom. The maximum atomic E-state index is 12.4. The zero-order valence-corrected chi connectivity index (χ0v) is 20.6. The first-order chi connectivity index (χ1) is 15.5. The SMILES string of the molecule is CCCCCCCCOc1ccc(C(NC(=O)CCCC)NC(=O)CCCC)cc1OC. The third-order valence-corrected chi connectivity index (χ3v) is 5.40. The molecule has 6 nitrogen and oxygen atoms in total. The highest BCUT2D eigenvalue weighted by molar-refractivity contribution is 5.79. The van der Waals surface area contributed by atoms with Gasteiger partial charge >= 0.3 is 0 Å². The number of hydrogen-bond donors (Lipinski definition) is 2. The minimum absolute atomic E-state index is 0.0741. The quantitative estimate of drug-likeness (QED) is 0.212. The second-order valence-corrected chi connectivity index (χ2v) is 8.30. The first kappa shape index (κ1) is 27.8. The Kier molecular flexibility index (Phi) is 15.1. The van der Waals surface area contributed by atoms with Gasteiger partial charge in [-0.25, -0.2) is 0 Å². The highest BCUT2D eigenvalue weighted by Crippen LogP contribution is 2.30. The lowest BCUT2D eigenvalue weighted by Gasteiger charge is -2.22. The van der Waals surface area contributed by atoms with E-state index in [4.69, 9.17) is 9.47 Å². The van der Waals surface area contributed by atoms with Gasteiger partial charge in [0.2, 0.25) is 11.8 Å². The molecule has 0 radical (unpaired) electrons. The number of ether oxygens (including phenoxy) is 2. The average molecular weight is 449 g/mol. The van der Waals surface area contributed by atoms with Crippen LogP contribution in [0.5, 0.6) is 11.5 Å². The van der Waals surface area contributed by atoms with Gasteiger partial charge < -0.3 is 20.1 Å². The number of amides is 2. The summed E-state index contributed by atoms with van der Waals surface area (Å²) in [4.78, 5) is 24.7. The van der Waals surface area contributed by atoms with Crippen molar-refractivity contribution in [3.8, 4) is 11.5 Å². The third-order valence-electron chi connectivity index (χ3n) is 5.40. The van der Waals surface area contributed by atoms with Gasteiger partial charge in [0.05, 0.1) is 13.7 Å². The van der Waals surface area contributed by atoms with E-state index in [9.17, 15) is 9.59 Å². The summed E-state index contributed by atoms with van der Waals surface area (Å²) in [7, 11) is 1.60. The molecule has 2 amide bonds. The summed E-state index contributed by atoms with van der Waals surface area (Å²) in [6.07, 6.45) is 11.0. The molecule has 0 aliphatic rings. The maximum Gasteiger partial charge on any atom is 0.221 e. The maximum absolute atomic E-state index is 12.4. The van der Waals surface area contributed by atoms with E-state index < -0.39 is 6.17 Å². The Labute approximate surface area is 194 Å². The Morgan fingerprint density at radius 3 is 1.91 bits per heavy atom. The van der Waals surface area contributed by atoms with Gasteiger partial charge in [0.1, 0.15) is 6.17 Å². The van der Waals surface area contributed by atoms with Gasteiger partial charge in [-0.15, -0.1) is 0 Å². The van der Waals surface area contributed by atoms with Crippen molar-refractivity contribution in [2.24, 2.45) is 0 Å². The van der Waals surface area contributed by atoms with E-state index >= 15 is 0 Å². The van der Waals surface area contributed by atoms with Crippen LogP contribution >= 0.6 is 0 Å². The van der Waals surface area contributed by atoms with Crippen molar-refractivity contribution in [2.45, 2.75) is 104 Å². The number of unbranched alkanes of at least 4 members (excludes halogenated alkanes) is 7. The molecule has 182 valence electrons. The molecule has 0 spiro atoms. The van der Waals surface area contributed by atoms with Crippen molar-refractivity contribution in [1.82, 2.24) is 10.6 Å². The fraction of sp³-hybridized carbons (Fsp3) is 0.692. The normalized spacial score (nSPS) is 10.8. The van der Waals surface area contributed by atoms with Crippen LogP contribution in [0.4, 0.5) is 0 Å². The topological polar surface area (TPSA) is 76.7 Å². The van der Waals surface area contributed by atoms with Gasteiger partial charge in [0, 0.05) is 12.8 Å². The molecule has 0 saturated carbocycles. The van der Waals surface area contributed by atoms with Gasteiger partial charge in [-0.2, -0.15) is 0 Å². The van der Waals surface area contributed by atoms with Crippen molar-refractivity contribution in [1.29, 1.82) is 0 Å². The van der Waals surface area contributed by atoms with E-state index in [2.05, 4.69) is 17.6 Å². The van der Waals surface area contributed by atoms with E-state index in [1.165, 1.54) is 25.7 Å². The van der Waals surface area contributed by atoms with Crippen LogP contribution in [0, 0.1) is 0 Å². The number of rotatable bonds is 18. The fourth-order valence-corrected chi connectivity index (χ4v) is 3.39. The van der Waals surface area contributed by atoms with Crippen molar-refractivity contribution in [3.05, 3.63) is 23.8 Å². The highest BCUT2D eigenvalue weighted by atomic mass is 16.5. The zero-order valence-electron chi connectivity index (χ0n) is 20.6. The molecule has 0 unspecified atom stereocenters. The van der Waals surface area contributed by atoms with E-state index in [1.807, 2.05) is 32.0 Å². The minimum Gasteiger partial charge on any atom is -0.493 e. The fourth-order valence-electron chi connectivity index (χ4n) is 3.39. The van der Waals surface area contributed by atoms with Crippen molar-refractivity contribution < 1.29 is 19.1 Å². The van der Waals surface area contributed by atoms with Crippen LogP contribution in [0.15, 0.2) is 18.2 Å². The molecule has 0 fully saturated rings. The van der Waals surface area contributed by atoms with E-state index in [0.717, 1.165) is 44.1 Å². The van der Waals surface area contributed by atoms with Crippen LogP contribution < -0.4 is 20.1 Å². The number of carbonyl (C=O) groups is 2. The zero-order chi connectivity index (χ0) is 23.6. The summed E-state index contributed by atoms with van der Waals surface area (Å²) < 4.78 is 11.5. The third kappa shape index (κ3) is 11.4. The lowest BCUT2D eigenvalue weighted by molar-refractivity contribution is -0.124. The van der Waals surface area contributed by atoms with Gasteiger partial charge in [0.25, 0.3) is 0 Å². The molecular weight excluding hydrogens is 404 g/mol. The van der Waals surface area contributed by atoms with E-state index in [0.29, 0.717) is 30.9 Å². The summed E-state index contributed by atoms with van der Waals surface area (Å²) in [6, 6.07) is 5.57. The van der Waals surface area contributed by atoms with Gasteiger partial charge in [-0.05, 0) is 37.0 Å². The van der Waals surface area contributed by atoms with E-state index in [1.54, 1.807) is 7.11 Å². The molecule has 2 N–H and O–H groups in total. The molecule has 32 heavy (non-hydrogen) atoms. The Hall–Kier alpha value is -2.24. The Morgan fingerprint density at radius 1 is 0.781 bits per heavy atom. The summed E-state index contributed by atoms with van der Waals surface area (Å²) in [5.74, 6) is 1.13. The number of nitrogens with one attached hydrogen (secondary N) is 2. The molecule has 1 rings (SSSR count). The number of benzene rings is 1. The molecule has 1 aromatic carbocycles. The molecule has 0 bridgehead atoms. The summed E-state index contributed by atoms with van der Waals surface area (Å²) in [5, 5.41) is 5.91. The molecule has 0 heterocycles. The van der Waals surface area contributed by atoms with Gasteiger partial charge in [-0.3, -0.25) is 9.59 Å². The molecule has 1 aromatic rings. The first-order valence-corrected chi connectivity index (χ1v) is 12.4. The number of methoxy groups -OCH3 is 1. The van der Waals surface area contributed by atoms with E-state index in [-0.39, 0.29) is 11.8 Å². The largest absolute Gasteiger partial charge is 0.493 e. The molecular formula is C26H44N2O4.